The minimum Gasteiger partial charge on any atom is -0.495 e. The number of nitrogens with zero attached hydrogens (tertiary/aromatic N) is 2. The van der Waals surface area contributed by atoms with Crippen LogP contribution in [0.15, 0.2) is 28.2 Å². The van der Waals surface area contributed by atoms with E-state index in [2.05, 4.69) is 6.92 Å². The maximum atomic E-state index is 13.8. The van der Waals surface area contributed by atoms with Crippen LogP contribution < -0.4 is 16.0 Å². The van der Waals surface area contributed by atoms with Crippen molar-refractivity contribution in [2.75, 3.05) is 7.11 Å². The van der Waals surface area contributed by atoms with E-state index in [9.17, 15) is 9.59 Å². The molecular formula is C21H22ClN3O3S2. The van der Waals surface area contributed by atoms with Crippen LogP contribution in [0.25, 0.3) is 15.9 Å². The number of hydrogen-bond acceptors (Lipinski definition) is 6. The van der Waals surface area contributed by atoms with Crippen molar-refractivity contribution in [2.45, 2.75) is 43.5 Å². The van der Waals surface area contributed by atoms with Crippen LogP contribution in [0.4, 0.5) is 0 Å². The molecule has 0 saturated carbocycles. The number of carbonyl (C=O) groups is 1. The second-order valence-corrected chi connectivity index (χ2v) is 10.4. The molecule has 2 N–H and O–H groups in total. The maximum Gasteiger partial charge on any atom is 0.267 e. The Bertz CT molecular complexity index is 1200. The van der Waals surface area contributed by atoms with Gasteiger partial charge in [0.05, 0.1) is 23.4 Å². The summed E-state index contributed by atoms with van der Waals surface area (Å²) in [5.74, 6) is 0.608. The smallest absolute Gasteiger partial charge is 0.267 e. The van der Waals surface area contributed by atoms with Crippen molar-refractivity contribution in [3.63, 3.8) is 0 Å². The quantitative estimate of drug-likeness (QED) is 0.452. The lowest BCUT2D eigenvalue weighted by molar-refractivity contribution is -0.117. The third-order valence-electron chi connectivity index (χ3n) is 5.36. The van der Waals surface area contributed by atoms with Gasteiger partial charge in [0.15, 0.2) is 5.16 Å². The van der Waals surface area contributed by atoms with Crippen LogP contribution in [0.2, 0.25) is 5.02 Å². The Balaban J connectivity index is 2.03. The number of benzene rings is 1. The molecule has 30 heavy (non-hydrogen) atoms. The zero-order valence-electron chi connectivity index (χ0n) is 16.9. The van der Waals surface area contributed by atoms with Crippen molar-refractivity contribution in [3.05, 3.63) is 44.0 Å². The normalized spacial score (nSPS) is 17.0. The van der Waals surface area contributed by atoms with Crippen molar-refractivity contribution in [1.82, 2.24) is 9.55 Å². The lowest BCUT2D eigenvalue weighted by Gasteiger charge is -2.18. The Morgan fingerprint density at radius 2 is 2.23 bits per heavy atom. The number of hydrogen-bond donors (Lipinski definition) is 1. The van der Waals surface area contributed by atoms with E-state index in [1.54, 1.807) is 36.5 Å². The van der Waals surface area contributed by atoms with E-state index in [4.69, 9.17) is 27.1 Å². The average molecular weight is 464 g/mol. The number of thioether (sulfide) groups is 1. The first-order valence-corrected chi connectivity index (χ1v) is 11.7. The third-order valence-corrected chi connectivity index (χ3v) is 7.82. The number of halogens is 1. The molecule has 0 aliphatic heterocycles. The first-order chi connectivity index (χ1) is 14.3. The standard InChI is InChI=1S/C21H22ClN3O3S2/c1-10-4-6-13-16(8-10)30-19-17(13)20(27)25(21(24-19)29-11(2)18(23)26)14-9-12(22)5-7-15(14)28-3/h5,7,9-11H,4,6,8H2,1-3H3,(H2,23,26)/t10-,11+/m1/s1. The van der Waals surface area contributed by atoms with Gasteiger partial charge in [0.1, 0.15) is 10.6 Å². The van der Waals surface area contributed by atoms with Gasteiger partial charge in [-0.3, -0.25) is 14.2 Å². The molecule has 0 spiro atoms. The van der Waals surface area contributed by atoms with Crippen LogP contribution >= 0.6 is 34.7 Å². The molecule has 2 heterocycles. The van der Waals surface area contributed by atoms with E-state index in [0.717, 1.165) is 36.6 Å². The van der Waals surface area contributed by atoms with Gasteiger partial charge in [0, 0.05) is 9.90 Å². The molecule has 6 nitrogen and oxygen atoms in total. The number of carbonyl (C=O) groups excluding carboxylic acids is 1. The lowest BCUT2D eigenvalue weighted by atomic mass is 9.89. The Morgan fingerprint density at radius 3 is 2.93 bits per heavy atom. The van der Waals surface area contributed by atoms with E-state index < -0.39 is 11.2 Å². The Hall–Kier alpha value is -2.03. The minimum atomic E-state index is -0.555. The van der Waals surface area contributed by atoms with Crippen molar-refractivity contribution in [3.8, 4) is 11.4 Å². The van der Waals surface area contributed by atoms with Gasteiger partial charge in [0.2, 0.25) is 5.91 Å². The molecule has 2 aromatic heterocycles. The SMILES string of the molecule is COc1ccc(Cl)cc1-n1c(S[C@@H](C)C(N)=O)nc2sc3c(c2c1=O)CC[C@@H](C)C3. The molecule has 0 saturated heterocycles. The molecule has 1 aromatic carbocycles. The third kappa shape index (κ3) is 3.72. The van der Waals surface area contributed by atoms with E-state index >= 15 is 0 Å². The number of aromatic nitrogens is 2. The number of methoxy groups -OCH3 is 1. The predicted molar refractivity (Wildman–Crippen MR) is 122 cm³/mol. The number of amides is 1. The molecular weight excluding hydrogens is 442 g/mol. The number of fused-ring (bicyclic) bond motifs is 3. The molecule has 9 heteroatoms. The molecule has 0 unspecified atom stereocenters. The number of nitrogens with two attached hydrogens (primary N) is 1. The van der Waals surface area contributed by atoms with Crippen LogP contribution in [0, 0.1) is 5.92 Å². The Labute approximate surface area is 187 Å². The van der Waals surface area contributed by atoms with Gasteiger partial charge in [-0.05, 0) is 55.9 Å². The van der Waals surface area contributed by atoms with Gasteiger partial charge < -0.3 is 10.5 Å². The maximum absolute atomic E-state index is 13.8. The summed E-state index contributed by atoms with van der Waals surface area (Å²) < 4.78 is 7.00. The minimum absolute atomic E-state index is 0.174. The van der Waals surface area contributed by atoms with Crippen LogP contribution in [-0.4, -0.2) is 27.8 Å². The summed E-state index contributed by atoms with van der Waals surface area (Å²) in [6, 6.07) is 5.09. The van der Waals surface area contributed by atoms with Crippen LogP contribution in [-0.2, 0) is 17.6 Å². The van der Waals surface area contributed by atoms with E-state index in [1.807, 2.05) is 0 Å². The molecule has 0 bridgehead atoms. The van der Waals surface area contributed by atoms with Crippen molar-refractivity contribution >= 4 is 50.8 Å². The fraction of sp³-hybridized carbons (Fsp3) is 0.381. The topological polar surface area (TPSA) is 87.2 Å². The number of primary amides is 1. The zero-order valence-corrected chi connectivity index (χ0v) is 19.3. The molecule has 158 valence electrons. The van der Waals surface area contributed by atoms with Gasteiger partial charge in [-0.1, -0.05) is 30.3 Å². The molecule has 0 radical (unpaired) electrons. The number of aryl methyl sites for hydroxylation is 1. The predicted octanol–water partition coefficient (Wildman–Crippen LogP) is 4.20. The number of rotatable bonds is 5. The largest absolute Gasteiger partial charge is 0.495 e. The fourth-order valence-corrected chi connectivity index (χ4v) is 6.18. The highest BCUT2D eigenvalue weighted by Crippen LogP contribution is 2.38. The highest BCUT2D eigenvalue weighted by molar-refractivity contribution is 8.00. The molecule has 0 fully saturated rings. The first kappa shape index (κ1) is 21.2. The molecule has 1 amide bonds. The molecule has 2 atom stereocenters. The summed E-state index contributed by atoms with van der Waals surface area (Å²) in [6.45, 7) is 3.93. The fourth-order valence-electron chi connectivity index (χ4n) is 3.72. The van der Waals surface area contributed by atoms with Gasteiger partial charge >= 0.3 is 0 Å². The number of ether oxygens (including phenoxy) is 1. The summed E-state index contributed by atoms with van der Waals surface area (Å²) in [7, 11) is 1.54. The summed E-state index contributed by atoms with van der Waals surface area (Å²) in [6.07, 6.45) is 2.87. The lowest BCUT2D eigenvalue weighted by Crippen LogP contribution is -2.27. The van der Waals surface area contributed by atoms with Gasteiger partial charge in [0.25, 0.3) is 5.56 Å². The van der Waals surface area contributed by atoms with Crippen molar-refractivity contribution < 1.29 is 9.53 Å². The van der Waals surface area contributed by atoms with Crippen molar-refractivity contribution in [2.24, 2.45) is 11.7 Å². The van der Waals surface area contributed by atoms with Gasteiger partial charge in [-0.15, -0.1) is 11.3 Å². The summed E-state index contributed by atoms with van der Waals surface area (Å²) in [5, 5.41) is 0.962. The second-order valence-electron chi connectivity index (χ2n) is 7.55. The van der Waals surface area contributed by atoms with Crippen LogP contribution in [0.1, 0.15) is 30.7 Å². The van der Waals surface area contributed by atoms with Crippen LogP contribution in [0.3, 0.4) is 0 Å². The molecule has 4 rings (SSSR count). The monoisotopic (exact) mass is 463 g/mol. The van der Waals surface area contributed by atoms with E-state index in [1.165, 1.54) is 16.6 Å². The molecule has 3 aromatic rings. The highest BCUT2D eigenvalue weighted by atomic mass is 35.5. The zero-order chi connectivity index (χ0) is 21.6. The second kappa shape index (κ2) is 8.24. The number of thiophene rings is 1. The highest BCUT2D eigenvalue weighted by Gasteiger charge is 2.27. The molecule has 1 aliphatic carbocycles. The van der Waals surface area contributed by atoms with E-state index in [0.29, 0.717) is 37.8 Å². The molecule has 1 aliphatic rings. The average Bonchev–Trinajstić information content (AvgIpc) is 3.05. The summed E-state index contributed by atoms with van der Waals surface area (Å²) in [5.41, 5.74) is 6.90. The van der Waals surface area contributed by atoms with Crippen LogP contribution in [0.5, 0.6) is 5.75 Å². The Morgan fingerprint density at radius 1 is 1.47 bits per heavy atom. The van der Waals surface area contributed by atoms with E-state index in [-0.39, 0.29) is 5.56 Å². The summed E-state index contributed by atoms with van der Waals surface area (Å²) in [4.78, 5) is 32.2. The van der Waals surface area contributed by atoms with Gasteiger partial charge in [-0.25, -0.2) is 4.98 Å². The summed E-state index contributed by atoms with van der Waals surface area (Å²) >= 11 is 8.97. The van der Waals surface area contributed by atoms with Crippen molar-refractivity contribution in [1.29, 1.82) is 0 Å². The van der Waals surface area contributed by atoms with Gasteiger partial charge in [-0.2, -0.15) is 0 Å². The Kier molecular flexibility index (Phi) is 5.83. The first-order valence-electron chi connectivity index (χ1n) is 9.67.